The molecule has 1 aliphatic rings. The van der Waals surface area contributed by atoms with Crippen LogP contribution in [-0.2, 0) is 0 Å². The number of carbonyl (C=O) groups excluding carboxylic acids is 1. The van der Waals surface area contributed by atoms with Crippen molar-refractivity contribution >= 4 is 23.1 Å². The number of aromatic hydroxyl groups is 2. The topological polar surface area (TPSA) is 95.6 Å². The molecule has 1 aromatic rings. The van der Waals surface area contributed by atoms with Gasteiger partial charge in [-0.05, 0) is 25.0 Å². The highest BCUT2D eigenvalue weighted by molar-refractivity contribution is 7.80. The van der Waals surface area contributed by atoms with Gasteiger partial charge in [-0.2, -0.15) is 0 Å². The second-order valence-corrected chi connectivity index (χ2v) is 5.16. The van der Waals surface area contributed by atoms with Gasteiger partial charge in [0.1, 0.15) is 0 Å². The Kier molecular flexibility index (Phi) is 3.90. The number of phenolic OH excluding ortho intramolecular Hbond substituents is 2. The molecule has 1 aliphatic carbocycles. The number of nitrogens with one attached hydrogen (secondary N) is 1. The van der Waals surface area contributed by atoms with E-state index in [1.807, 2.05) is 0 Å². The van der Waals surface area contributed by atoms with Crippen LogP contribution in [0.2, 0.25) is 0 Å². The SMILES string of the molecule is NC(=S)C1CCCC1NC(=O)c1cccc(O)c1O. The smallest absolute Gasteiger partial charge is 0.255 e. The lowest BCUT2D eigenvalue weighted by molar-refractivity contribution is 0.0930. The first-order valence-electron chi connectivity index (χ1n) is 6.12. The highest BCUT2D eigenvalue weighted by Gasteiger charge is 2.31. The quantitative estimate of drug-likeness (QED) is 0.494. The molecule has 102 valence electrons. The highest BCUT2D eigenvalue weighted by atomic mass is 32.1. The summed E-state index contributed by atoms with van der Waals surface area (Å²) >= 11 is 4.99. The zero-order valence-electron chi connectivity index (χ0n) is 10.3. The van der Waals surface area contributed by atoms with Crippen molar-refractivity contribution in [2.75, 3.05) is 0 Å². The van der Waals surface area contributed by atoms with Gasteiger partial charge in [0, 0.05) is 12.0 Å². The van der Waals surface area contributed by atoms with Crippen LogP contribution in [0.5, 0.6) is 11.5 Å². The number of hydrogen-bond donors (Lipinski definition) is 4. The minimum Gasteiger partial charge on any atom is -0.504 e. The Labute approximate surface area is 116 Å². The number of carbonyl (C=O) groups is 1. The van der Waals surface area contributed by atoms with Gasteiger partial charge in [0.25, 0.3) is 5.91 Å². The summed E-state index contributed by atoms with van der Waals surface area (Å²) in [5, 5.41) is 21.9. The van der Waals surface area contributed by atoms with Crippen LogP contribution >= 0.6 is 12.2 Å². The molecular weight excluding hydrogens is 264 g/mol. The average Bonchev–Trinajstić information content (AvgIpc) is 2.80. The Balaban J connectivity index is 2.13. The van der Waals surface area contributed by atoms with E-state index in [1.54, 1.807) is 0 Å². The maximum absolute atomic E-state index is 12.1. The summed E-state index contributed by atoms with van der Waals surface area (Å²) in [4.78, 5) is 12.5. The normalized spacial score (nSPS) is 22.1. The molecule has 2 rings (SSSR count). The van der Waals surface area contributed by atoms with Gasteiger partial charge in [-0.25, -0.2) is 0 Å². The van der Waals surface area contributed by atoms with Gasteiger partial charge in [0.05, 0.1) is 10.6 Å². The molecule has 1 amide bonds. The highest BCUT2D eigenvalue weighted by Crippen LogP contribution is 2.30. The van der Waals surface area contributed by atoms with E-state index < -0.39 is 11.7 Å². The van der Waals surface area contributed by atoms with Crippen LogP contribution in [0, 0.1) is 5.92 Å². The standard InChI is InChI=1S/C13H16N2O3S/c14-12(19)7-3-1-5-9(7)15-13(18)8-4-2-6-10(16)11(8)17/h2,4,6-7,9,16-17H,1,3,5H2,(H2,14,19)(H,15,18). The largest absolute Gasteiger partial charge is 0.504 e. The Morgan fingerprint density at radius 3 is 2.79 bits per heavy atom. The number of nitrogens with two attached hydrogens (primary N) is 1. The van der Waals surface area contributed by atoms with Crippen molar-refractivity contribution < 1.29 is 15.0 Å². The summed E-state index contributed by atoms with van der Waals surface area (Å²) in [5.41, 5.74) is 5.70. The lowest BCUT2D eigenvalue weighted by atomic mass is 10.0. The van der Waals surface area contributed by atoms with Crippen molar-refractivity contribution in [3.63, 3.8) is 0 Å². The summed E-state index contributed by atoms with van der Waals surface area (Å²) < 4.78 is 0. The first kappa shape index (κ1) is 13.6. The predicted molar refractivity (Wildman–Crippen MR) is 75.2 cm³/mol. The molecule has 2 atom stereocenters. The van der Waals surface area contributed by atoms with Crippen molar-refractivity contribution in [1.82, 2.24) is 5.32 Å². The van der Waals surface area contributed by atoms with Gasteiger partial charge >= 0.3 is 0 Å². The number of phenols is 2. The fraction of sp³-hybridized carbons (Fsp3) is 0.385. The zero-order chi connectivity index (χ0) is 14.0. The molecule has 1 saturated carbocycles. The molecule has 0 bridgehead atoms. The number of para-hydroxylation sites is 1. The molecule has 0 spiro atoms. The van der Waals surface area contributed by atoms with Crippen LogP contribution in [0.3, 0.4) is 0 Å². The van der Waals surface area contributed by atoms with E-state index in [2.05, 4.69) is 5.32 Å². The van der Waals surface area contributed by atoms with E-state index in [0.717, 1.165) is 19.3 Å². The van der Waals surface area contributed by atoms with Gasteiger partial charge in [0.2, 0.25) is 0 Å². The molecule has 6 heteroatoms. The minimum absolute atomic E-state index is 0.00148. The lowest BCUT2D eigenvalue weighted by Crippen LogP contribution is -2.41. The van der Waals surface area contributed by atoms with Crippen molar-refractivity contribution in [1.29, 1.82) is 0 Å². The van der Waals surface area contributed by atoms with Crippen molar-refractivity contribution in [3.8, 4) is 11.5 Å². The van der Waals surface area contributed by atoms with E-state index in [4.69, 9.17) is 18.0 Å². The number of benzene rings is 1. The Bertz CT molecular complexity index is 519. The van der Waals surface area contributed by atoms with Gasteiger partial charge in [-0.15, -0.1) is 0 Å². The second-order valence-electron chi connectivity index (χ2n) is 4.69. The maximum Gasteiger partial charge on any atom is 0.255 e. The molecule has 0 aromatic heterocycles. The predicted octanol–water partition coefficient (Wildman–Crippen LogP) is 1.28. The maximum atomic E-state index is 12.1. The molecule has 0 aliphatic heterocycles. The molecule has 0 saturated heterocycles. The molecule has 2 unspecified atom stereocenters. The third-order valence-corrected chi connectivity index (χ3v) is 3.76. The van der Waals surface area contributed by atoms with Gasteiger partial charge < -0.3 is 21.3 Å². The fourth-order valence-electron chi connectivity index (χ4n) is 2.43. The summed E-state index contributed by atoms with van der Waals surface area (Å²) in [6.07, 6.45) is 2.64. The first-order chi connectivity index (χ1) is 9.00. The molecule has 0 heterocycles. The van der Waals surface area contributed by atoms with Crippen molar-refractivity contribution in [2.45, 2.75) is 25.3 Å². The van der Waals surface area contributed by atoms with Crippen LogP contribution in [0.25, 0.3) is 0 Å². The van der Waals surface area contributed by atoms with Crippen molar-refractivity contribution in [2.24, 2.45) is 11.7 Å². The summed E-state index contributed by atoms with van der Waals surface area (Å²) in [7, 11) is 0. The molecule has 5 nitrogen and oxygen atoms in total. The van der Waals surface area contributed by atoms with E-state index in [-0.39, 0.29) is 23.3 Å². The summed E-state index contributed by atoms with van der Waals surface area (Å²) in [6, 6.07) is 4.17. The Hall–Kier alpha value is -1.82. The molecule has 19 heavy (non-hydrogen) atoms. The van der Waals surface area contributed by atoms with Gasteiger partial charge in [-0.3, -0.25) is 4.79 Å². The van der Waals surface area contributed by atoms with E-state index in [9.17, 15) is 15.0 Å². The minimum atomic E-state index is -0.429. The lowest BCUT2D eigenvalue weighted by Gasteiger charge is -2.20. The zero-order valence-corrected chi connectivity index (χ0v) is 11.1. The van der Waals surface area contributed by atoms with Crippen molar-refractivity contribution in [3.05, 3.63) is 23.8 Å². The monoisotopic (exact) mass is 280 g/mol. The molecular formula is C13H16N2O3S. The van der Waals surface area contributed by atoms with Crippen LogP contribution < -0.4 is 11.1 Å². The third kappa shape index (κ3) is 2.78. The number of amides is 1. The van der Waals surface area contributed by atoms with E-state index in [1.165, 1.54) is 18.2 Å². The van der Waals surface area contributed by atoms with Crippen LogP contribution in [-0.4, -0.2) is 27.2 Å². The Morgan fingerprint density at radius 1 is 1.37 bits per heavy atom. The summed E-state index contributed by atoms with van der Waals surface area (Å²) in [6.45, 7) is 0. The molecule has 5 N–H and O–H groups in total. The second kappa shape index (κ2) is 5.44. The average molecular weight is 280 g/mol. The number of rotatable bonds is 3. The number of hydrogen-bond acceptors (Lipinski definition) is 4. The van der Waals surface area contributed by atoms with Gasteiger partial charge in [-0.1, -0.05) is 24.7 Å². The first-order valence-corrected chi connectivity index (χ1v) is 6.52. The van der Waals surface area contributed by atoms with Crippen LogP contribution in [0.4, 0.5) is 0 Å². The summed E-state index contributed by atoms with van der Waals surface area (Å²) in [5.74, 6) is -1.16. The van der Waals surface area contributed by atoms with E-state index >= 15 is 0 Å². The van der Waals surface area contributed by atoms with Crippen LogP contribution in [0.1, 0.15) is 29.6 Å². The molecule has 1 fully saturated rings. The third-order valence-electron chi connectivity index (χ3n) is 3.46. The van der Waals surface area contributed by atoms with E-state index in [0.29, 0.717) is 4.99 Å². The number of thiocarbonyl (C=S) groups is 1. The van der Waals surface area contributed by atoms with Crippen LogP contribution in [0.15, 0.2) is 18.2 Å². The fourth-order valence-corrected chi connectivity index (χ4v) is 2.72. The Morgan fingerprint density at radius 2 is 2.11 bits per heavy atom. The molecule has 0 radical (unpaired) electrons. The molecule has 1 aromatic carbocycles. The van der Waals surface area contributed by atoms with Gasteiger partial charge in [0.15, 0.2) is 11.5 Å².